The molecule has 0 fully saturated rings. The summed E-state index contributed by atoms with van der Waals surface area (Å²) < 4.78 is 4.80. The van der Waals surface area contributed by atoms with E-state index in [0.717, 1.165) is 0 Å². The van der Waals surface area contributed by atoms with E-state index < -0.39 is 5.97 Å². The lowest BCUT2D eigenvalue weighted by Crippen LogP contribution is -1.99. The number of ether oxygens (including phenoxy) is 1. The Morgan fingerprint density at radius 1 is 1.07 bits per heavy atom. The van der Waals surface area contributed by atoms with Gasteiger partial charge in [-0.1, -0.05) is 30.4 Å². The summed E-state index contributed by atoms with van der Waals surface area (Å²) in [6.07, 6.45) is 14.4. The molecule has 78 valence electrons. The molecule has 0 radical (unpaired) electrons. The Morgan fingerprint density at radius 3 is 2.67 bits per heavy atom. The predicted molar refractivity (Wildman–Crippen MR) is 58.2 cm³/mol. The Balaban J connectivity index is 2.74. The van der Waals surface area contributed by atoms with Crippen molar-refractivity contribution in [2.24, 2.45) is 0 Å². The van der Waals surface area contributed by atoms with Gasteiger partial charge in [0.15, 0.2) is 0 Å². The summed E-state index contributed by atoms with van der Waals surface area (Å²) in [6, 6.07) is 0. The van der Waals surface area contributed by atoms with Crippen LogP contribution in [0.2, 0.25) is 0 Å². The number of esters is 1. The lowest BCUT2D eigenvalue weighted by atomic mass is 10.3. The minimum Gasteiger partial charge on any atom is -0.508 e. The van der Waals surface area contributed by atoms with Crippen LogP contribution in [0, 0.1) is 0 Å². The monoisotopic (exact) mass is 204 g/mol. The van der Waals surface area contributed by atoms with Gasteiger partial charge >= 0.3 is 5.97 Å². The number of rotatable bonds is 0. The second-order valence-electron chi connectivity index (χ2n) is 2.75. The van der Waals surface area contributed by atoms with Crippen molar-refractivity contribution in [1.29, 1.82) is 0 Å². The molecule has 0 saturated carbocycles. The average molecular weight is 204 g/mol. The molecule has 0 amide bonds. The van der Waals surface area contributed by atoms with Gasteiger partial charge in [-0.3, -0.25) is 0 Å². The number of allylic oxidation sites excluding steroid dienone is 7. The van der Waals surface area contributed by atoms with Crippen LogP contribution >= 0.6 is 0 Å². The summed E-state index contributed by atoms with van der Waals surface area (Å²) in [4.78, 5) is 11.0. The minimum absolute atomic E-state index is 0.114. The fourth-order valence-electron chi connectivity index (χ4n) is 0.883. The summed E-state index contributed by atoms with van der Waals surface area (Å²) in [5.41, 5.74) is 0. The van der Waals surface area contributed by atoms with Crippen LogP contribution in [-0.4, -0.2) is 17.7 Å². The van der Waals surface area contributed by atoms with E-state index in [-0.39, 0.29) is 12.4 Å². The molecule has 1 heterocycles. The number of carbonyl (C=O) groups excluding carboxylic acids is 1. The Bertz CT molecular complexity index is 357. The van der Waals surface area contributed by atoms with E-state index in [1.807, 2.05) is 0 Å². The van der Waals surface area contributed by atoms with Crippen LogP contribution in [0.5, 0.6) is 0 Å². The van der Waals surface area contributed by atoms with E-state index in [1.54, 1.807) is 42.5 Å². The number of aliphatic hydroxyl groups is 1. The predicted octanol–water partition coefficient (Wildman–Crippen LogP) is 2.21. The van der Waals surface area contributed by atoms with Gasteiger partial charge < -0.3 is 9.84 Å². The first-order valence-corrected chi connectivity index (χ1v) is 4.53. The molecule has 1 N–H and O–H groups in total. The number of carbonyl (C=O) groups is 1. The zero-order valence-electron chi connectivity index (χ0n) is 8.17. The second-order valence-corrected chi connectivity index (χ2v) is 2.75. The molecule has 0 aliphatic carbocycles. The molecular weight excluding hydrogens is 192 g/mol. The molecule has 0 spiro atoms. The molecular formula is C12H12O3. The van der Waals surface area contributed by atoms with Gasteiger partial charge in [-0.05, 0) is 18.2 Å². The van der Waals surface area contributed by atoms with Gasteiger partial charge in [0.2, 0.25) is 0 Å². The zero-order chi connectivity index (χ0) is 10.9. The van der Waals surface area contributed by atoms with Gasteiger partial charge in [0, 0.05) is 6.08 Å². The minimum atomic E-state index is -0.406. The van der Waals surface area contributed by atoms with Crippen LogP contribution in [0.3, 0.4) is 0 Å². The summed E-state index contributed by atoms with van der Waals surface area (Å²) in [7, 11) is 0. The van der Waals surface area contributed by atoms with E-state index in [0.29, 0.717) is 0 Å². The maximum atomic E-state index is 11.0. The number of hydrogen-bond donors (Lipinski definition) is 1. The maximum absolute atomic E-state index is 11.0. The quantitative estimate of drug-likeness (QED) is 0.615. The Hall–Kier alpha value is -2.03. The van der Waals surface area contributed by atoms with Crippen LogP contribution < -0.4 is 0 Å². The molecule has 15 heavy (non-hydrogen) atoms. The molecule has 0 atom stereocenters. The smallest absolute Gasteiger partial charge is 0.331 e. The molecule has 1 rings (SSSR count). The first-order chi connectivity index (χ1) is 7.29. The summed E-state index contributed by atoms with van der Waals surface area (Å²) >= 11 is 0. The highest BCUT2D eigenvalue weighted by molar-refractivity contribution is 5.82. The Labute approximate surface area is 88.4 Å². The van der Waals surface area contributed by atoms with Gasteiger partial charge in [0.05, 0.1) is 0 Å². The highest BCUT2D eigenvalue weighted by Gasteiger charge is 1.92. The Kier molecular flexibility index (Phi) is 4.73. The molecule has 3 nitrogen and oxygen atoms in total. The summed E-state index contributed by atoms with van der Waals surface area (Å²) in [6.45, 7) is 0.147. The van der Waals surface area contributed by atoms with Crippen LogP contribution in [0.25, 0.3) is 0 Å². The highest BCUT2D eigenvalue weighted by atomic mass is 16.5. The standard InChI is InChI=1S/C12H12O3/c13-11-7-4-2-1-3-5-9-12(14)15-10-6-8-11/h1-9,13H,10H2/b3-1-,4-2-,8-6-,9-5+,11-7-. The lowest BCUT2D eigenvalue weighted by Gasteiger charge is -1.95. The third-order valence-corrected chi connectivity index (χ3v) is 1.55. The van der Waals surface area contributed by atoms with Crippen molar-refractivity contribution >= 4 is 5.97 Å². The van der Waals surface area contributed by atoms with E-state index >= 15 is 0 Å². The molecule has 0 aromatic carbocycles. The highest BCUT2D eigenvalue weighted by Crippen LogP contribution is 1.94. The summed E-state index contributed by atoms with van der Waals surface area (Å²) in [5.74, 6) is -0.293. The van der Waals surface area contributed by atoms with Crippen LogP contribution in [0.1, 0.15) is 0 Å². The van der Waals surface area contributed by atoms with Crippen molar-refractivity contribution in [3.05, 3.63) is 60.4 Å². The Morgan fingerprint density at radius 2 is 1.80 bits per heavy atom. The van der Waals surface area contributed by atoms with Gasteiger partial charge in [-0.15, -0.1) is 0 Å². The number of cyclic esters (lactones) is 1. The molecule has 0 aromatic heterocycles. The first-order valence-electron chi connectivity index (χ1n) is 4.53. The fourth-order valence-corrected chi connectivity index (χ4v) is 0.883. The van der Waals surface area contributed by atoms with Crippen molar-refractivity contribution in [1.82, 2.24) is 0 Å². The molecule has 3 heteroatoms. The van der Waals surface area contributed by atoms with Crippen molar-refractivity contribution < 1.29 is 14.6 Å². The van der Waals surface area contributed by atoms with Gasteiger partial charge in [0.25, 0.3) is 0 Å². The van der Waals surface area contributed by atoms with Gasteiger partial charge in [0.1, 0.15) is 12.4 Å². The SMILES string of the molecule is O=C1/C=C/C=C\C=C/C=C(O)/C=C\CO1. The summed E-state index contributed by atoms with van der Waals surface area (Å²) in [5, 5.41) is 9.27. The van der Waals surface area contributed by atoms with Gasteiger partial charge in [-0.2, -0.15) is 0 Å². The average Bonchev–Trinajstić information content (AvgIpc) is 2.23. The number of hydrogen-bond acceptors (Lipinski definition) is 3. The van der Waals surface area contributed by atoms with Crippen molar-refractivity contribution in [3.8, 4) is 0 Å². The van der Waals surface area contributed by atoms with Crippen molar-refractivity contribution in [2.75, 3.05) is 6.61 Å². The van der Waals surface area contributed by atoms with E-state index in [1.165, 1.54) is 12.2 Å². The van der Waals surface area contributed by atoms with Crippen LogP contribution in [-0.2, 0) is 9.53 Å². The maximum Gasteiger partial charge on any atom is 0.331 e. The van der Waals surface area contributed by atoms with Crippen LogP contribution in [0.4, 0.5) is 0 Å². The third-order valence-electron chi connectivity index (χ3n) is 1.55. The fraction of sp³-hybridized carbons (Fsp3) is 0.0833. The van der Waals surface area contributed by atoms with Crippen molar-refractivity contribution in [3.63, 3.8) is 0 Å². The van der Waals surface area contributed by atoms with E-state index in [2.05, 4.69) is 0 Å². The molecule has 0 aromatic rings. The molecule has 1 aliphatic rings. The lowest BCUT2D eigenvalue weighted by molar-refractivity contribution is -0.136. The molecule has 0 bridgehead atoms. The third kappa shape index (κ3) is 5.31. The zero-order valence-corrected chi connectivity index (χ0v) is 8.17. The molecule has 0 unspecified atom stereocenters. The molecule has 1 aliphatic heterocycles. The van der Waals surface area contributed by atoms with E-state index in [4.69, 9.17) is 4.74 Å². The number of aliphatic hydroxyl groups excluding tert-OH is 1. The largest absolute Gasteiger partial charge is 0.508 e. The normalized spacial score (nSPS) is 29.3. The van der Waals surface area contributed by atoms with Crippen LogP contribution in [0.15, 0.2) is 60.4 Å². The topological polar surface area (TPSA) is 46.5 Å². The first kappa shape index (κ1) is 11.0. The van der Waals surface area contributed by atoms with Gasteiger partial charge in [-0.25, -0.2) is 4.79 Å². The van der Waals surface area contributed by atoms with Crippen molar-refractivity contribution in [2.45, 2.75) is 0 Å². The van der Waals surface area contributed by atoms with E-state index in [9.17, 15) is 9.90 Å². The molecule has 0 saturated heterocycles. The second kappa shape index (κ2) is 6.43.